The van der Waals surface area contributed by atoms with Gasteiger partial charge >= 0.3 is 0 Å². The number of hydrogen-bond donors (Lipinski definition) is 1. The zero-order valence-electron chi connectivity index (χ0n) is 14.5. The molecule has 3 rings (SSSR count). The lowest BCUT2D eigenvalue weighted by atomic mass is 10.1. The van der Waals surface area contributed by atoms with E-state index in [9.17, 15) is 9.59 Å². The summed E-state index contributed by atoms with van der Waals surface area (Å²) >= 11 is 17.2. The van der Waals surface area contributed by atoms with E-state index in [1.165, 1.54) is 4.90 Å². The Morgan fingerprint density at radius 1 is 1.11 bits per heavy atom. The van der Waals surface area contributed by atoms with Crippen molar-refractivity contribution in [2.75, 3.05) is 11.9 Å². The minimum absolute atomic E-state index is 0.0524. The Kier molecular flexibility index (Phi) is 5.99. The van der Waals surface area contributed by atoms with Crippen LogP contribution in [-0.4, -0.2) is 34.9 Å². The van der Waals surface area contributed by atoms with Crippen molar-refractivity contribution in [3.05, 3.63) is 64.1 Å². The summed E-state index contributed by atoms with van der Waals surface area (Å²) in [6.45, 7) is 0.384. The molecule has 140 valence electrons. The third kappa shape index (κ3) is 4.24. The van der Waals surface area contributed by atoms with Crippen molar-refractivity contribution < 1.29 is 9.59 Å². The molecule has 1 heterocycles. The Bertz CT molecular complexity index is 872. The van der Waals surface area contributed by atoms with Crippen LogP contribution in [0.25, 0.3) is 0 Å². The number of carbonyl (C=O) groups is 2. The normalized spacial score (nSPS) is 16.6. The van der Waals surface area contributed by atoms with Gasteiger partial charge in [-0.25, -0.2) is 4.90 Å². The summed E-state index contributed by atoms with van der Waals surface area (Å²) in [7, 11) is 1.69. The maximum absolute atomic E-state index is 13.0. The third-order valence-electron chi connectivity index (χ3n) is 4.32. The van der Waals surface area contributed by atoms with E-state index in [0.717, 1.165) is 5.56 Å². The van der Waals surface area contributed by atoms with Crippen LogP contribution in [0.5, 0.6) is 0 Å². The standard InChI is InChI=1S/C19H17Cl2N3O2S/c1-22-19(27)23(11-12-2-4-13(20)5-3-12)16-10-17(25)24(18(16)26)15-8-6-14(21)7-9-15/h2-9,16H,10-11H2,1H3,(H,22,27). The molecule has 8 heteroatoms. The number of hydrogen-bond acceptors (Lipinski definition) is 3. The Morgan fingerprint density at radius 2 is 1.67 bits per heavy atom. The molecular weight excluding hydrogens is 405 g/mol. The number of nitrogens with one attached hydrogen (secondary N) is 1. The summed E-state index contributed by atoms with van der Waals surface area (Å²) in [5.41, 5.74) is 1.43. The molecule has 1 unspecified atom stereocenters. The predicted octanol–water partition coefficient (Wildman–Crippen LogP) is 3.63. The van der Waals surface area contributed by atoms with Gasteiger partial charge in [0.25, 0.3) is 5.91 Å². The van der Waals surface area contributed by atoms with E-state index in [4.69, 9.17) is 35.4 Å². The topological polar surface area (TPSA) is 52.7 Å². The van der Waals surface area contributed by atoms with Crippen molar-refractivity contribution in [2.45, 2.75) is 19.0 Å². The number of rotatable bonds is 4. The first-order valence-electron chi connectivity index (χ1n) is 8.26. The summed E-state index contributed by atoms with van der Waals surface area (Å²) in [6.07, 6.45) is 0.0524. The molecule has 5 nitrogen and oxygen atoms in total. The Morgan fingerprint density at radius 3 is 2.22 bits per heavy atom. The Balaban J connectivity index is 1.87. The molecule has 0 radical (unpaired) electrons. The molecule has 1 N–H and O–H groups in total. The Hall–Kier alpha value is -2.15. The quantitative estimate of drug-likeness (QED) is 0.603. The number of anilines is 1. The summed E-state index contributed by atoms with van der Waals surface area (Å²) in [5, 5.41) is 4.46. The van der Waals surface area contributed by atoms with Gasteiger partial charge in [0, 0.05) is 23.6 Å². The summed E-state index contributed by atoms with van der Waals surface area (Å²) in [5.74, 6) is -0.582. The zero-order valence-corrected chi connectivity index (χ0v) is 16.8. The van der Waals surface area contributed by atoms with E-state index in [1.807, 2.05) is 12.1 Å². The average molecular weight is 422 g/mol. The van der Waals surface area contributed by atoms with Gasteiger partial charge in [0.05, 0.1) is 12.1 Å². The van der Waals surface area contributed by atoms with Gasteiger partial charge in [0.2, 0.25) is 5.91 Å². The highest BCUT2D eigenvalue weighted by atomic mass is 35.5. The molecule has 1 aliphatic rings. The second-order valence-electron chi connectivity index (χ2n) is 6.07. The van der Waals surface area contributed by atoms with Crippen molar-refractivity contribution >= 4 is 58.0 Å². The lowest BCUT2D eigenvalue weighted by Gasteiger charge is -2.29. The minimum Gasteiger partial charge on any atom is -0.366 e. The molecular formula is C19H17Cl2N3O2S. The maximum atomic E-state index is 13.0. The number of amides is 2. The highest BCUT2D eigenvalue weighted by Crippen LogP contribution is 2.28. The minimum atomic E-state index is -0.677. The van der Waals surface area contributed by atoms with E-state index in [-0.39, 0.29) is 18.2 Å². The Labute approximate surface area is 172 Å². The van der Waals surface area contributed by atoms with E-state index >= 15 is 0 Å². The van der Waals surface area contributed by atoms with Crippen LogP contribution in [0.4, 0.5) is 5.69 Å². The van der Waals surface area contributed by atoms with Gasteiger partial charge in [-0.15, -0.1) is 0 Å². The number of nitrogens with zero attached hydrogens (tertiary/aromatic N) is 2. The molecule has 1 fully saturated rings. The van der Waals surface area contributed by atoms with E-state index in [0.29, 0.717) is 27.4 Å². The summed E-state index contributed by atoms with van der Waals surface area (Å²) in [6, 6.07) is 13.2. The molecule has 27 heavy (non-hydrogen) atoms. The fraction of sp³-hybridized carbons (Fsp3) is 0.211. The molecule has 0 spiro atoms. The molecule has 2 aromatic rings. The monoisotopic (exact) mass is 421 g/mol. The summed E-state index contributed by atoms with van der Waals surface area (Å²) in [4.78, 5) is 28.5. The molecule has 2 amide bonds. The number of thiocarbonyl (C=S) groups is 1. The van der Waals surface area contributed by atoms with Gasteiger partial charge < -0.3 is 10.2 Å². The van der Waals surface area contributed by atoms with Crippen molar-refractivity contribution in [1.29, 1.82) is 0 Å². The number of carbonyl (C=O) groups excluding carboxylic acids is 2. The first kappa shape index (κ1) is 19.6. The van der Waals surface area contributed by atoms with Crippen LogP contribution in [-0.2, 0) is 16.1 Å². The molecule has 0 saturated carbocycles. The lowest BCUT2D eigenvalue weighted by Crippen LogP contribution is -2.48. The van der Waals surface area contributed by atoms with E-state index in [2.05, 4.69) is 5.32 Å². The summed E-state index contributed by atoms with van der Waals surface area (Å²) < 4.78 is 0. The smallest absolute Gasteiger partial charge is 0.257 e. The van der Waals surface area contributed by atoms with Crippen LogP contribution >= 0.6 is 35.4 Å². The van der Waals surface area contributed by atoms with Crippen molar-refractivity contribution in [3.63, 3.8) is 0 Å². The van der Waals surface area contributed by atoms with Gasteiger partial charge in [-0.05, 0) is 54.2 Å². The average Bonchev–Trinajstić information content (AvgIpc) is 2.95. The van der Waals surface area contributed by atoms with Gasteiger partial charge in [0.1, 0.15) is 6.04 Å². The van der Waals surface area contributed by atoms with E-state index in [1.54, 1.807) is 48.3 Å². The number of halogens is 2. The predicted molar refractivity (Wildman–Crippen MR) is 111 cm³/mol. The fourth-order valence-electron chi connectivity index (χ4n) is 2.97. The first-order chi connectivity index (χ1) is 12.9. The molecule has 0 aliphatic carbocycles. The molecule has 2 aromatic carbocycles. The van der Waals surface area contributed by atoms with Crippen LogP contribution in [0.15, 0.2) is 48.5 Å². The second-order valence-corrected chi connectivity index (χ2v) is 7.33. The number of benzene rings is 2. The second kappa shape index (κ2) is 8.25. The zero-order chi connectivity index (χ0) is 19.6. The van der Waals surface area contributed by atoms with Crippen LogP contribution in [0.3, 0.4) is 0 Å². The van der Waals surface area contributed by atoms with Gasteiger partial charge in [-0.2, -0.15) is 0 Å². The van der Waals surface area contributed by atoms with Crippen LogP contribution in [0, 0.1) is 0 Å². The van der Waals surface area contributed by atoms with Crippen LogP contribution in [0.1, 0.15) is 12.0 Å². The molecule has 0 aromatic heterocycles. The third-order valence-corrected chi connectivity index (χ3v) is 5.27. The lowest BCUT2D eigenvalue weighted by molar-refractivity contribution is -0.122. The van der Waals surface area contributed by atoms with E-state index < -0.39 is 6.04 Å². The van der Waals surface area contributed by atoms with Crippen molar-refractivity contribution in [2.24, 2.45) is 0 Å². The largest absolute Gasteiger partial charge is 0.366 e. The highest BCUT2D eigenvalue weighted by molar-refractivity contribution is 7.80. The fourth-order valence-corrected chi connectivity index (χ4v) is 3.42. The molecule has 1 atom stereocenters. The molecule has 0 bridgehead atoms. The van der Waals surface area contributed by atoms with Crippen LogP contribution < -0.4 is 10.2 Å². The maximum Gasteiger partial charge on any atom is 0.257 e. The number of imide groups is 1. The van der Waals surface area contributed by atoms with Crippen LogP contribution in [0.2, 0.25) is 10.0 Å². The van der Waals surface area contributed by atoms with Crippen molar-refractivity contribution in [3.8, 4) is 0 Å². The molecule has 1 aliphatic heterocycles. The van der Waals surface area contributed by atoms with Gasteiger partial charge in [0.15, 0.2) is 5.11 Å². The van der Waals surface area contributed by atoms with Gasteiger partial charge in [-0.3, -0.25) is 9.59 Å². The molecule has 1 saturated heterocycles. The first-order valence-corrected chi connectivity index (χ1v) is 9.42. The highest BCUT2D eigenvalue weighted by Gasteiger charge is 2.43. The van der Waals surface area contributed by atoms with Crippen molar-refractivity contribution in [1.82, 2.24) is 10.2 Å². The van der Waals surface area contributed by atoms with Gasteiger partial charge in [-0.1, -0.05) is 35.3 Å². The SMILES string of the molecule is CNC(=S)N(Cc1ccc(Cl)cc1)C1CC(=O)N(c2ccc(Cl)cc2)C1=O.